The third kappa shape index (κ3) is 3.97. The molecule has 2 nitrogen and oxygen atoms in total. The summed E-state index contributed by atoms with van der Waals surface area (Å²) in [4.78, 5) is 2.20. The molecule has 1 aliphatic heterocycles. The molecule has 0 bridgehead atoms. The molecule has 21 heavy (non-hydrogen) atoms. The van der Waals surface area contributed by atoms with Gasteiger partial charge in [0, 0.05) is 19.1 Å². The Bertz CT molecular complexity index is 459. The van der Waals surface area contributed by atoms with Gasteiger partial charge in [-0.15, -0.1) is 0 Å². The van der Waals surface area contributed by atoms with E-state index in [-0.39, 0.29) is 11.9 Å². The van der Waals surface area contributed by atoms with E-state index in [0.717, 1.165) is 37.3 Å². The summed E-state index contributed by atoms with van der Waals surface area (Å²) in [5.74, 6) is 1.28. The van der Waals surface area contributed by atoms with E-state index in [1.807, 2.05) is 6.07 Å². The second-order valence-corrected chi connectivity index (χ2v) is 6.63. The number of halogens is 1. The average Bonchev–Trinajstić information content (AvgIpc) is 2.94. The highest BCUT2D eigenvalue weighted by Crippen LogP contribution is 2.31. The standard InChI is InChI=1S/C18H29FN2/c1-5-9-20-14(4)15-6-7-18(17(19)11-15)21-10-8-16(12-21)13(2)3/h6-7,11,13-14,16,20H,5,8-10,12H2,1-4H3. The summed E-state index contributed by atoms with van der Waals surface area (Å²) in [6.07, 6.45) is 2.27. The molecule has 1 aromatic rings. The largest absolute Gasteiger partial charge is 0.369 e. The molecule has 1 aromatic carbocycles. The quantitative estimate of drug-likeness (QED) is 0.837. The van der Waals surface area contributed by atoms with Gasteiger partial charge in [-0.1, -0.05) is 26.8 Å². The van der Waals surface area contributed by atoms with E-state index >= 15 is 0 Å². The van der Waals surface area contributed by atoms with Crippen molar-refractivity contribution in [2.75, 3.05) is 24.5 Å². The van der Waals surface area contributed by atoms with Crippen LogP contribution in [0.4, 0.5) is 10.1 Å². The van der Waals surface area contributed by atoms with Crippen LogP contribution in [0.5, 0.6) is 0 Å². The van der Waals surface area contributed by atoms with Crippen LogP contribution in [0, 0.1) is 17.7 Å². The highest BCUT2D eigenvalue weighted by molar-refractivity contribution is 5.50. The fourth-order valence-electron chi connectivity index (χ4n) is 3.08. The fourth-order valence-corrected chi connectivity index (χ4v) is 3.08. The van der Waals surface area contributed by atoms with Crippen molar-refractivity contribution < 1.29 is 4.39 Å². The predicted octanol–water partition coefficient (Wildman–Crippen LogP) is 4.37. The van der Waals surface area contributed by atoms with Gasteiger partial charge in [-0.25, -0.2) is 4.39 Å². The van der Waals surface area contributed by atoms with Crippen LogP contribution < -0.4 is 10.2 Å². The minimum Gasteiger partial charge on any atom is -0.369 e. The van der Waals surface area contributed by atoms with Gasteiger partial charge in [0.25, 0.3) is 0 Å². The smallest absolute Gasteiger partial charge is 0.146 e. The Hall–Kier alpha value is -1.09. The average molecular weight is 292 g/mol. The van der Waals surface area contributed by atoms with Crippen molar-refractivity contribution in [2.24, 2.45) is 11.8 Å². The van der Waals surface area contributed by atoms with Gasteiger partial charge >= 0.3 is 0 Å². The Morgan fingerprint density at radius 3 is 2.67 bits per heavy atom. The van der Waals surface area contributed by atoms with E-state index in [1.54, 1.807) is 6.07 Å². The zero-order valence-corrected chi connectivity index (χ0v) is 13.8. The lowest BCUT2D eigenvalue weighted by molar-refractivity contribution is 0.422. The topological polar surface area (TPSA) is 15.3 Å². The summed E-state index contributed by atoms with van der Waals surface area (Å²) < 4.78 is 14.4. The molecule has 0 aliphatic carbocycles. The van der Waals surface area contributed by atoms with E-state index in [2.05, 4.69) is 44.0 Å². The third-order valence-corrected chi connectivity index (χ3v) is 4.68. The molecule has 1 fully saturated rings. The first-order valence-electron chi connectivity index (χ1n) is 8.30. The van der Waals surface area contributed by atoms with Crippen LogP contribution >= 0.6 is 0 Å². The minimum absolute atomic E-state index is 0.0814. The zero-order valence-electron chi connectivity index (χ0n) is 13.8. The molecule has 3 heteroatoms. The number of hydrogen-bond donors (Lipinski definition) is 1. The van der Waals surface area contributed by atoms with Crippen LogP contribution in [0.3, 0.4) is 0 Å². The van der Waals surface area contributed by atoms with E-state index in [9.17, 15) is 4.39 Å². The molecule has 0 radical (unpaired) electrons. The van der Waals surface area contributed by atoms with Crippen LogP contribution in [-0.4, -0.2) is 19.6 Å². The monoisotopic (exact) mass is 292 g/mol. The van der Waals surface area contributed by atoms with Gasteiger partial charge in [0.05, 0.1) is 5.69 Å². The summed E-state index contributed by atoms with van der Waals surface area (Å²) in [5, 5.41) is 3.41. The lowest BCUT2D eigenvalue weighted by Gasteiger charge is -2.22. The van der Waals surface area contributed by atoms with Gasteiger partial charge in [0.1, 0.15) is 5.82 Å². The van der Waals surface area contributed by atoms with Gasteiger partial charge in [0.2, 0.25) is 0 Å². The van der Waals surface area contributed by atoms with Crippen molar-refractivity contribution in [1.82, 2.24) is 5.32 Å². The summed E-state index contributed by atoms with van der Waals surface area (Å²) in [6, 6.07) is 5.92. The first kappa shape index (κ1) is 16.3. The van der Waals surface area contributed by atoms with Crippen molar-refractivity contribution in [2.45, 2.75) is 46.6 Å². The Morgan fingerprint density at radius 2 is 2.10 bits per heavy atom. The van der Waals surface area contributed by atoms with Crippen LogP contribution in [0.15, 0.2) is 18.2 Å². The fraction of sp³-hybridized carbons (Fsp3) is 0.667. The van der Waals surface area contributed by atoms with Crippen molar-refractivity contribution in [3.8, 4) is 0 Å². The molecule has 1 aliphatic rings. The van der Waals surface area contributed by atoms with Gasteiger partial charge in [-0.05, 0) is 55.8 Å². The van der Waals surface area contributed by atoms with Crippen molar-refractivity contribution in [3.63, 3.8) is 0 Å². The van der Waals surface area contributed by atoms with Crippen molar-refractivity contribution in [1.29, 1.82) is 0 Å². The molecule has 0 aromatic heterocycles. The Labute approximate surface area is 128 Å². The first-order chi connectivity index (χ1) is 10.0. The van der Waals surface area contributed by atoms with Crippen LogP contribution in [0.2, 0.25) is 0 Å². The summed E-state index contributed by atoms with van der Waals surface area (Å²) >= 11 is 0. The zero-order chi connectivity index (χ0) is 15.4. The minimum atomic E-state index is -0.0814. The second-order valence-electron chi connectivity index (χ2n) is 6.63. The summed E-state index contributed by atoms with van der Waals surface area (Å²) in [6.45, 7) is 11.7. The van der Waals surface area contributed by atoms with E-state index < -0.39 is 0 Å². The molecule has 1 heterocycles. The number of nitrogens with zero attached hydrogens (tertiary/aromatic N) is 1. The molecule has 2 rings (SSSR count). The molecular formula is C18H29FN2. The highest BCUT2D eigenvalue weighted by Gasteiger charge is 2.26. The number of nitrogens with one attached hydrogen (secondary N) is 1. The summed E-state index contributed by atoms with van der Waals surface area (Å²) in [7, 11) is 0. The van der Waals surface area contributed by atoms with Crippen molar-refractivity contribution >= 4 is 5.69 Å². The van der Waals surface area contributed by atoms with E-state index in [4.69, 9.17) is 0 Å². The molecule has 0 spiro atoms. The van der Waals surface area contributed by atoms with Gasteiger partial charge in [-0.3, -0.25) is 0 Å². The molecule has 2 unspecified atom stereocenters. The maximum Gasteiger partial charge on any atom is 0.146 e. The first-order valence-corrected chi connectivity index (χ1v) is 8.30. The Morgan fingerprint density at radius 1 is 1.33 bits per heavy atom. The van der Waals surface area contributed by atoms with Gasteiger partial charge in [-0.2, -0.15) is 0 Å². The second kappa shape index (κ2) is 7.26. The van der Waals surface area contributed by atoms with Crippen LogP contribution in [0.25, 0.3) is 0 Å². The number of benzene rings is 1. The maximum atomic E-state index is 14.4. The van der Waals surface area contributed by atoms with Crippen LogP contribution in [-0.2, 0) is 0 Å². The number of anilines is 1. The van der Waals surface area contributed by atoms with Gasteiger partial charge < -0.3 is 10.2 Å². The van der Waals surface area contributed by atoms with E-state index in [0.29, 0.717) is 11.8 Å². The molecule has 1 saturated heterocycles. The van der Waals surface area contributed by atoms with E-state index in [1.165, 1.54) is 6.42 Å². The number of hydrogen-bond acceptors (Lipinski definition) is 2. The number of rotatable bonds is 6. The lowest BCUT2D eigenvalue weighted by atomic mass is 9.95. The molecule has 2 atom stereocenters. The highest BCUT2D eigenvalue weighted by atomic mass is 19.1. The molecule has 118 valence electrons. The third-order valence-electron chi connectivity index (χ3n) is 4.68. The normalized spacial score (nSPS) is 20.3. The predicted molar refractivity (Wildman–Crippen MR) is 88.3 cm³/mol. The Balaban J connectivity index is 2.06. The molecular weight excluding hydrogens is 263 g/mol. The lowest BCUT2D eigenvalue weighted by Crippen LogP contribution is -2.23. The molecule has 1 N–H and O–H groups in total. The van der Waals surface area contributed by atoms with Crippen molar-refractivity contribution in [3.05, 3.63) is 29.6 Å². The SMILES string of the molecule is CCCNC(C)c1ccc(N2CCC(C(C)C)C2)c(F)c1. The van der Waals surface area contributed by atoms with Gasteiger partial charge in [0.15, 0.2) is 0 Å². The maximum absolute atomic E-state index is 14.4. The van der Waals surface area contributed by atoms with Crippen LogP contribution in [0.1, 0.15) is 52.1 Å². The molecule has 0 saturated carbocycles. The molecule has 0 amide bonds. The Kier molecular flexibility index (Phi) is 5.63. The summed E-state index contributed by atoms with van der Waals surface area (Å²) in [5.41, 5.74) is 1.80.